The zero-order valence-electron chi connectivity index (χ0n) is 16.8. The van der Waals surface area contributed by atoms with Crippen LogP contribution in [0.2, 0.25) is 0 Å². The molecule has 0 aliphatic heterocycles. The van der Waals surface area contributed by atoms with E-state index in [-0.39, 0.29) is 17.6 Å². The fourth-order valence-corrected chi connectivity index (χ4v) is 6.17. The molecule has 2 aromatic rings. The van der Waals surface area contributed by atoms with Crippen LogP contribution in [0.3, 0.4) is 0 Å². The van der Waals surface area contributed by atoms with Gasteiger partial charge in [-0.2, -0.15) is 5.10 Å². The van der Waals surface area contributed by atoms with Gasteiger partial charge < -0.3 is 0 Å². The van der Waals surface area contributed by atoms with E-state index >= 15 is 0 Å². The molecule has 0 aromatic heterocycles. The van der Waals surface area contributed by atoms with Gasteiger partial charge >= 0.3 is 0 Å². The smallest absolute Gasteiger partial charge is 0.242 e. The van der Waals surface area contributed by atoms with E-state index in [1.54, 1.807) is 0 Å². The number of carbonyl (C=O) groups is 1. The molecule has 0 saturated heterocycles. The fourth-order valence-electron chi connectivity index (χ4n) is 4.20. The Balaban J connectivity index is 1.60. The van der Waals surface area contributed by atoms with Gasteiger partial charge in [0.1, 0.15) is 5.71 Å². The van der Waals surface area contributed by atoms with Gasteiger partial charge in [-0.1, -0.05) is 85.0 Å². The van der Waals surface area contributed by atoms with Crippen LogP contribution < -0.4 is 15.8 Å². The van der Waals surface area contributed by atoms with Crippen molar-refractivity contribution in [2.45, 2.75) is 0 Å². The Bertz CT molecular complexity index is 1210. The van der Waals surface area contributed by atoms with E-state index in [0.29, 0.717) is 16.3 Å². The molecule has 0 amide bonds. The minimum absolute atomic E-state index is 0.0653. The Morgan fingerprint density at radius 1 is 0.710 bits per heavy atom. The van der Waals surface area contributed by atoms with Crippen molar-refractivity contribution in [2.24, 2.45) is 16.9 Å². The van der Waals surface area contributed by atoms with Gasteiger partial charge in [-0.15, -0.1) is 0 Å². The number of nitrogens with zero attached hydrogens (tertiary/aromatic N) is 1. The second-order valence-electron chi connectivity index (χ2n) is 7.60. The van der Waals surface area contributed by atoms with Gasteiger partial charge in [0.2, 0.25) is 7.29 Å². The highest BCUT2D eigenvalue weighted by molar-refractivity contribution is 7.76. The third-order valence-corrected chi connectivity index (χ3v) is 8.20. The first-order valence-corrected chi connectivity index (χ1v) is 11.9. The number of allylic oxidation sites excluding steroid dienone is 10. The quantitative estimate of drug-likeness (QED) is 0.591. The topological polar surface area (TPSA) is 58.5 Å². The van der Waals surface area contributed by atoms with Crippen molar-refractivity contribution in [3.05, 3.63) is 120 Å². The molecular weight excluding hydrogens is 403 g/mol. The molecule has 3 aliphatic carbocycles. The molecule has 3 aliphatic rings. The summed E-state index contributed by atoms with van der Waals surface area (Å²) in [5, 5.41) is 8.79. The zero-order chi connectivity index (χ0) is 21.3. The molecule has 0 heterocycles. The number of hydrogen-bond donors (Lipinski definition) is 1. The normalized spacial score (nSPS) is 23.1. The summed E-state index contributed by atoms with van der Waals surface area (Å²) in [5.74, 6) is -0.683. The van der Waals surface area contributed by atoms with Crippen LogP contribution in [0.4, 0.5) is 0 Å². The van der Waals surface area contributed by atoms with E-state index in [2.05, 4.69) is 10.3 Å². The highest BCUT2D eigenvalue weighted by Crippen LogP contribution is 2.40. The lowest BCUT2D eigenvalue weighted by molar-refractivity contribution is -0.114. The molecule has 0 saturated carbocycles. The van der Waals surface area contributed by atoms with Crippen LogP contribution in [0.15, 0.2) is 126 Å². The van der Waals surface area contributed by atoms with Crippen molar-refractivity contribution >= 4 is 29.4 Å². The lowest BCUT2D eigenvalue weighted by Gasteiger charge is -2.31. The Kier molecular flexibility index (Phi) is 5.01. The number of ketones is 1. The standard InChI is InChI=1S/C26H21N2O2P/c29-26-24-18-10-8-16-22(24)21-15-7-9-17-23(21)25(26)27-28-31(30,19-11-3-1-4-12-19)20-13-5-2-6-14-20/h1-18,23-24H,(H,28,30)/b27-25-. The Morgan fingerprint density at radius 3 is 1.81 bits per heavy atom. The number of fused-ring (bicyclic) bond motifs is 2. The van der Waals surface area contributed by atoms with E-state index in [0.717, 1.165) is 11.1 Å². The van der Waals surface area contributed by atoms with Crippen molar-refractivity contribution in [1.29, 1.82) is 0 Å². The summed E-state index contributed by atoms with van der Waals surface area (Å²) in [4.78, 5) is 13.4. The second-order valence-corrected chi connectivity index (χ2v) is 10.0. The third kappa shape index (κ3) is 3.39. The SMILES string of the molecule is O=C1/C(=N\NP(=O)(c2ccccc2)c2ccccc2)C2C=CC=CC2=C2C=CC=CC12. The van der Waals surface area contributed by atoms with Crippen molar-refractivity contribution in [1.82, 2.24) is 5.20 Å². The molecule has 152 valence electrons. The maximum absolute atomic E-state index is 14.2. The van der Waals surface area contributed by atoms with Crippen molar-refractivity contribution in [3.8, 4) is 0 Å². The number of rotatable bonds is 4. The number of benzene rings is 2. The fraction of sp³-hybridized carbons (Fsp3) is 0.0769. The number of hydrazone groups is 1. The van der Waals surface area contributed by atoms with E-state index in [4.69, 9.17) is 0 Å². The van der Waals surface area contributed by atoms with Gasteiger partial charge in [0.15, 0.2) is 5.78 Å². The van der Waals surface area contributed by atoms with Gasteiger partial charge in [0, 0.05) is 10.6 Å². The lowest BCUT2D eigenvalue weighted by Crippen LogP contribution is -2.38. The second kappa shape index (κ2) is 7.98. The molecule has 0 spiro atoms. The maximum atomic E-state index is 14.2. The monoisotopic (exact) mass is 424 g/mol. The number of nitrogens with one attached hydrogen (secondary N) is 1. The van der Waals surface area contributed by atoms with Gasteiger partial charge in [0.05, 0.1) is 11.8 Å². The summed E-state index contributed by atoms with van der Waals surface area (Å²) in [6.07, 6.45) is 15.6. The predicted molar refractivity (Wildman–Crippen MR) is 126 cm³/mol. The maximum Gasteiger partial charge on any atom is 0.242 e. The highest BCUT2D eigenvalue weighted by Gasteiger charge is 2.39. The summed E-state index contributed by atoms with van der Waals surface area (Å²) in [7, 11) is -3.28. The molecule has 2 atom stereocenters. The van der Waals surface area contributed by atoms with Gasteiger partial charge in [-0.25, -0.2) is 0 Å². The summed E-state index contributed by atoms with van der Waals surface area (Å²) >= 11 is 0. The first-order chi connectivity index (χ1) is 15.2. The molecule has 1 N–H and O–H groups in total. The van der Waals surface area contributed by atoms with E-state index in [9.17, 15) is 9.36 Å². The van der Waals surface area contributed by atoms with Crippen LogP contribution in [0.1, 0.15) is 0 Å². The van der Waals surface area contributed by atoms with Crippen molar-refractivity contribution < 1.29 is 9.36 Å². The molecule has 31 heavy (non-hydrogen) atoms. The van der Waals surface area contributed by atoms with E-state index < -0.39 is 7.29 Å². The van der Waals surface area contributed by atoms with Gasteiger partial charge in [-0.05, 0) is 35.4 Å². The zero-order valence-corrected chi connectivity index (χ0v) is 17.7. The first kappa shape index (κ1) is 19.5. The molecule has 0 radical (unpaired) electrons. The van der Waals surface area contributed by atoms with Gasteiger partial charge in [0.25, 0.3) is 0 Å². The summed E-state index contributed by atoms with van der Waals surface area (Å²) in [6, 6.07) is 18.5. The lowest BCUT2D eigenvalue weighted by atomic mass is 9.72. The molecule has 2 aromatic carbocycles. The summed E-state index contributed by atoms with van der Waals surface area (Å²) < 4.78 is 14.2. The third-order valence-electron chi connectivity index (χ3n) is 5.76. The van der Waals surface area contributed by atoms with Crippen LogP contribution in [0.5, 0.6) is 0 Å². The van der Waals surface area contributed by atoms with Crippen LogP contribution in [-0.4, -0.2) is 11.5 Å². The molecule has 0 bridgehead atoms. The summed E-state index contributed by atoms with van der Waals surface area (Å²) in [6.45, 7) is 0. The average Bonchev–Trinajstić information content (AvgIpc) is 2.85. The Labute approximate surface area is 181 Å². The molecule has 5 rings (SSSR count). The van der Waals surface area contributed by atoms with E-state index in [1.807, 2.05) is 109 Å². The van der Waals surface area contributed by atoms with Gasteiger partial charge in [-0.3, -0.25) is 14.6 Å². The molecular formula is C26H21N2O2P. The molecule has 0 fully saturated rings. The molecule has 2 unspecified atom stereocenters. The van der Waals surface area contributed by atoms with Crippen LogP contribution in [0.25, 0.3) is 0 Å². The number of Topliss-reactive ketones (excluding diaryl/α,β-unsaturated/α-hetero) is 1. The predicted octanol–water partition coefficient (Wildman–Crippen LogP) is 4.22. The molecule has 5 heteroatoms. The van der Waals surface area contributed by atoms with Crippen molar-refractivity contribution in [3.63, 3.8) is 0 Å². The Hall–Kier alpha value is -3.49. The minimum Gasteiger partial charge on any atom is -0.292 e. The average molecular weight is 424 g/mol. The first-order valence-electron chi connectivity index (χ1n) is 10.2. The number of carbonyl (C=O) groups excluding carboxylic acids is 1. The van der Waals surface area contributed by atoms with Crippen LogP contribution in [-0.2, 0) is 9.36 Å². The van der Waals surface area contributed by atoms with Crippen LogP contribution in [0, 0.1) is 11.8 Å². The molecule has 4 nitrogen and oxygen atoms in total. The Morgan fingerprint density at radius 2 is 1.23 bits per heavy atom. The highest BCUT2D eigenvalue weighted by atomic mass is 31.2. The van der Waals surface area contributed by atoms with E-state index in [1.165, 1.54) is 0 Å². The summed E-state index contributed by atoms with van der Waals surface area (Å²) in [5.41, 5.74) is 2.45. The minimum atomic E-state index is -3.28. The largest absolute Gasteiger partial charge is 0.292 e. The number of hydrogen-bond acceptors (Lipinski definition) is 3. The van der Waals surface area contributed by atoms with Crippen molar-refractivity contribution in [2.75, 3.05) is 0 Å². The van der Waals surface area contributed by atoms with Crippen LogP contribution >= 0.6 is 7.29 Å².